The minimum Gasteiger partial charge on any atom is -0.493 e. The van der Waals surface area contributed by atoms with Crippen molar-refractivity contribution < 1.29 is 9.47 Å². The quantitative estimate of drug-likeness (QED) is 0.726. The van der Waals surface area contributed by atoms with E-state index in [-0.39, 0.29) is 5.56 Å². The lowest BCUT2D eigenvalue weighted by atomic mass is 9.97. The molecule has 0 atom stereocenters. The molecule has 1 aromatic carbocycles. The van der Waals surface area contributed by atoms with E-state index in [1.165, 1.54) is 16.9 Å². The number of ether oxygens (including phenoxy) is 2. The van der Waals surface area contributed by atoms with Gasteiger partial charge in [-0.25, -0.2) is 4.98 Å². The average Bonchev–Trinajstić information content (AvgIpc) is 3.05. The maximum absolute atomic E-state index is 12.7. The monoisotopic (exact) mass is 370 g/mol. The van der Waals surface area contributed by atoms with Gasteiger partial charge in [-0.1, -0.05) is 6.92 Å². The van der Waals surface area contributed by atoms with Gasteiger partial charge in [-0.3, -0.25) is 4.79 Å². The van der Waals surface area contributed by atoms with E-state index in [0.717, 1.165) is 41.5 Å². The van der Waals surface area contributed by atoms with Crippen LogP contribution in [0.3, 0.4) is 0 Å². The molecule has 136 valence electrons. The molecular formula is C20H22N2O3S. The van der Waals surface area contributed by atoms with E-state index in [0.29, 0.717) is 23.9 Å². The Morgan fingerprint density at radius 1 is 1.23 bits per heavy atom. The van der Waals surface area contributed by atoms with Crippen LogP contribution in [-0.4, -0.2) is 23.7 Å². The first-order chi connectivity index (χ1) is 12.7. The number of aryl methyl sites for hydroxylation is 2. The molecule has 0 radical (unpaired) electrons. The normalized spacial score (nSPS) is 13.6. The van der Waals surface area contributed by atoms with Gasteiger partial charge in [0.1, 0.15) is 10.7 Å². The second-order valence-corrected chi connectivity index (χ2v) is 7.60. The third-order valence-electron chi connectivity index (χ3n) is 4.72. The van der Waals surface area contributed by atoms with Gasteiger partial charge < -0.3 is 14.5 Å². The van der Waals surface area contributed by atoms with Gasteiger partial charge in [0.15, 0.2) is 11.5 Å². The number of thiophene rings is 1. The van der Waals surface area contributed by atoms with E-state index in [2.05, 4.69) is 11.9 Å². The highest BCUT2D eigenvalue weighted by atomic mass is 32.1. The molecule has 0 fully saturated rings. The number of aromatic amines is 1. The van der Waals surface area contributed by atoms with Crippen LogP contribution < -0.4 is 15.0 Å². The highest BCUT2D eigenvalue weighted by Crippen LogP contribution is 2.35. The topological polar surface area (TPSA) is 64.2 Å². The van der Waals surface area contributed by atoms with Gasteiger partial charge in [-0.15, -0.1) is 11.3 Å². The molecule has 0 unspecified atom stereocenters. The largest absolute Gasteiger partial charge is 0.493 e. The lowest BCUT2D eigenvalue weighted by Crippen LogP contribution is -2.11. The Morgan fingerprint density at radius 2 is 2.08 bits per heavy atom. The molecule has 26 heavy (non-hydrogen) atoms. The van der Waals surface area contributed by atoms with E-state index >= 15 is 0 Å². The minimum absolute atomic E-state index is 0.0466. The van der Waals surface area contributed by atoms with Crippen molar-refractivity contribution in [3.05, 3.63) is 39.0 Å². The lowest BCUT2D eigenvalue weighted by Gasteiger charge is -2.11. The van der Waals surface area contributed by atoms with Gasteiger partial charge in [-0.05, 0) is 55.9 Å². The number of benzene rings is 1. The van der Waals surface area contributed by atoms with Gasteiger partial charge in [-0.2, -0.15) is 0 Å². The second kappa shape index (κ2) is 7.11. The molecule has 0 saturated carbocycles. The summed E-state index contributed by atoms with van der Waals surface area (Å²) in [4.78, 5) is 22.6. The van der Waals surface area contributed by atoms with Crippen LogP contribution in [-0.2, 0) is 12.8 Å². The summed E-state index contributed by atoms with van der Waals surface area (Å²) in [7, 11) is 1.62. The molecule has 0 spiro atoms. The highest BCUT2D eigenvalue weighted by Gasteiger charge is 2.20. The predicted octanol–water partition coefficient (Wildman–Crippen LogP) is 4.33. The molecule has 5 nitrogen and oxygen atoms in total. The molecule has 1 aliphatic carbocycles. The Hall–Kier alpha value is -2.34. The van der Waals surface area contributed by atoms with E-state index < -0.39 is 0 Å². The number of hydrogen-bond donors (Lipinski definition) is 1. The fourth-order valence-electron chi connectivity index (χ4n) is 3.45. The lowest BCUT2D eigenvalue weighted by molar-refractivity contribution is 0.294. The number of methoxy groups -OCH3 is 1. The molecule has 0 aliphatic heterocycles. The summed E-state index contributed by atoms with van der Waals surface area (Å²) in [5.74, 6) is 1.92. The smallest absolute Gasteiger partial charge is 0.260 e. The maximum atomic E-state index is 12.7. The van der Waals surface area contributed by atoms with E-state index in [4.69, 9.17) is 14.5 Å². The minimum atomic E-state index is -0.0466. The SMILES string of the molecule is CCCOc1ccc(-c2nc3sc4c(c3c(=O)[nH]2)CCCC4)cc1OC. The summed E-state index contributed by atoms with van der Waals surface area (Å²) in [5, 5.41) is 0.781. The maximum Gasteiger partial charge on any atom is 0.260 e. The zero-order chi connectivity index (χ0) is 18.1. The molecule has 0 amide bonds. The van der Waals surface area contributed by atoms with Crippen LogP contribution in [0.15, 0.2) is 23.0 Å². The van der Waals surface area contributed by atoms with Crippen molar-refractivity contribution in [2.24, 2.45) is 0 Å². The Bertz CT molecular complexity index is 1010. The van der Waals surface area contributed by atoms with E-state index in [1.807, 2.05) is 18.2 Å². The molecular weight excluding hydrogens is 348 g/mol. The van der Waals surface area contributed by atoms with Crippen LogP contribution in [0.2, 0.25) is 0 Å². The summed E-state index contributed by atoms with van der Waals surface area (Å²) in [6.45, 7) is 2.70. The Labute approximate surface area is 156 Å². The second-order valence-electron chi connectivity index (χ2n) is 6.52. The highest BCUT2D eigenvalue weighted by molar-refractivity contribution is 7.18. The van der Waals surface area contributed by atoms with Crippen molar-refractivity contribution in [1.29, 1.82) is 0 Å². The van der Waals surface area contributed by atoms with Crippen molar-refractivity contribution >= 4 is 21.6 Å². The first kappa shape index (κ1) is 17.1. The van der Waals surface area contributed by atoms with Crippen LogP contribution in [0.1, 0.15) is 36.6 Å². The number of nitrogens with one attached hydrogen (secondary N) is 1. The zero-order valence-electron chi connectivity index (χ0n) is 15.1. The van der Waals surface area contributed by atoms with Crippen molar-refractivity contribution in [2.75, 3.05) is 13.7 Å². The fraction of sp³-hybridized carbons (Fsp3) is 0.400. The number of aromatic nitrogens is 2. The molecule has 1 N–H and O–H groups in total. The molecule has 1 aliphatic rings. The zero-order valence-corrected chi connectivity index (χ0v) is 15.9. The number of fused-ring (bicyclic) bond motifs is 3. The van der Waals surface area contributed by atoms with Gasteiger partial charge in [0.2, 0.25) is 0 Å². The molecule has 4 rings (SSSR count). The third kappa shape index (κ3) is 2.98. The average molecular weight is 370 g/mol. The van der Waals surface area contributed by atoms with Crippen molar-refractivity contribution in [3.63, 3.8) is 0 Å². The van der Waals surface area contributed by atoms with Crippen molar-refractivity contribution in [3.8, 4) is 22.9 Å². The summed E-state index contributed by atoms with van der Waals surface area (Å²) in [6, 6.07) is 5.64. The Morgan fingerprint density at radius 3 is 2.88 bits per heavy atom. The first-order valence-electron chi connectivity index (χ1n) is 9.07. The Balaban J connectivity index is 1.78. The number of nitrogens with zero attached hydrogens (tertiary/aromatic N) is 1. The van der Waals surface area contributed by atoms with Crippen molar-refractivity contribution in [1.82, 2.24) is 9.97 Å². The number of H-pyrrole nitrogens is 1. The van der Waals surface area contributed by atoms with Gasteiger partial charge in [0.25, 0.3) is 5.56 Å². The van der Waals surface area contributed by atoms with E-state index in [1.54, 1.807) is 18.4 Å². The van der Waals surface area contributed by atoms with E-state index in [9.17, 15) is 4.79 Å². The molecule has 2 heterocycles. The van der Waals surface area contributed by atoms with Gasteiger partial charge in [0.05, 0.1) is 19.1 Å². The van der Waals surface area contributed by atoms with Crippen molar-refractivity contribution in [2.45, 2.75) is 39.0 Å². The van der Waals surface area contributed by atoms with Crippen LogP contribution in [0.4, 0.5) is 0 Å². The van der Waals surface area contributed by atoms with Crippen LogP contribution in [0.25, 0.3) is 21.6 Å². The molecule has 2 aromatic heterocycles. The van der Waals surface area contributed by atoms with Gasteiger partial charge >= 0.3 is 0 Å². The first-order valence-corrected chi connectivity index (χ1v) is 9.88. The summed E-state index contributed by atoms with van der Waals surface area (Å²) in [6.07, 6.45) is 5.32. The summed E-state index contributed by atoms with van der Waals surface area (Å²) < 4.78 is 11.1. The fourth-order valence-corrected chi connectivity index (χ4v) is 4.71. The molecule has 6 heteroatoms. The van der Waals surface area contributed by atoms with Crippen LogP contribution >= 0.6 is 11.3 Å². The molecule has 3 aromatic rings. The summed E-state index contributed by atoms with van der Waals surface area (Å²) in [5.41, 5.74) is 1.98. The standard InChI is InChI=1S/C20H22N2O3S/c1-3-10-25-14-9-8-12(11-15(14)24-2)18-21-19(23)17-13-6-4-5-7-16(13)26-20(17)22-18/h8-9,11H,3-7,10H2,1-2H3,(H,21,22,23). The molecule has 0 saturated heterocycles. The van der Waals surface area contributed by atoms with Crippen LogP contribution in [0.5, 0.6) is 11.5 Å². The number of rotatable bonds is 5. The predicted molar refractivity (Wildman–Crippen MR) is 105 cm³/mol. The molecule has 0 bridgehead atoms. The third-order valence-corrected chi connectivity index (χ3v) is 5.91. The van der Waals surface area contributed by atoms with Crippen LogP contribution in [0, 0.1) is 0 Å². The van der Waals surface area contributed by atoms with Gasteiger partial charge in [0, 0.05) is 10.4 Å². The Kier molecular flexibility index (Phi) is 4.68. The summed E-state index contributed by atoms with van der Waals surface area (Å²) >= 11 is 1.66. The number of hydrogen-bond acceptors (Lipinski definition) is 5.